The third-order valence-electron chi connectivity index (χ3n) is 0.958. The van der Waals surface area contributed by atoms with E-state index in [1.54, 1.807) is 0 Å². The second-order valence-corrected chi connectivity index (χ2v) is 2.34. The van der Waals surface area contributed by atoms with Crippen molar-refractivity contribution in [3.63, 3.8) is 0 Å². The molecule has 0 N–H and O–H groups in total. The van der Waals surface area contributed by atoms with Crippen LogP contribution in [0.3, 0.4) is 0 Å². The topological polar surface area (TPSA) is 34.4 Å². The number of hydrogen-bond acceptors (Lipinski definition) is 2. The molecule has 0 aromatic heterocycles. The Labute approximate surface area is 157 Å². The molecular weight excluding hydrogens is 395 g/mol. The van der Waals surface area contributed by atoms with E-state index in [-0.39, 0.29) is 104 Å². The zero-order chi connectivity index (χ0) is 7.98. The van der Waals surface area contributed by atoms with Crippen molar-refractivity contribution in [1.82, 2.24) is 4.90 Å². The predicted molar refractivity (Wildman–Crippen MR) is 41.5 cm³/mol. The predicted octanol–water partition coefficient (Wildman–Crippen LogP) is 1.01. The zero-order valence-corrected chi connectivity index (χ0v) is 17.0. The molecule has 0 aliphatic carbocycles. The summed E-state index contributed by atoms with van der Waals surface area (Å²) >= 11 is 0. The van der Waals surface area contributed by atoms with Crippen molar-refractivity contribution in [3.05, 3.63) is 11.9 Å². The SMILES string of the molecule is CC(=O)[N-]CC[CH-]N(C)C.[Y].[Y].[Y]. The minimum atomic E-state index is -0.0906. The number of rotatable bonds is 4. The minimum absolute atomic E-state index is 0. The van der Waals surface area contributed by atoms with Gasteiger partial charge < -0.3 is 15.0 Å². The summed E-state index contributed by atoms with van der Waals surface area (Å²) in [7, 11) is 3.90. The van der Waals surface area contributed by atoms with Crippen molar-refractivity contribution >= 4 is 5.91 Å². The molecule has 3 nitrogen and oxygen atoms in total. The molecule has 0 aliphatic heterocycles. The summed E-state index contributed by atoms with van der Waals surface area (Å²) in [6.45, 7) is 4.07. The van der Waals surface area contributed by atoms with E-state index in [1.165, 1.54) is 6.92 Å². The van der Waals surface area contributed by atoms with Crippen LogP contribution in [0.5, 0.6) is 0 Å². The summed E-state index contributed by atoms with van der Waals surface area (Å²) in [5, 5.41) is 3.70. The molecule has 0 aromatic rings. The van der Waals surface area contributed by atoms with Crippen LogP contribution in [-0.2, 0) is 103 Å². The van der Waals surface area contributed by atoms with E-state index < -0.39 is 0 Å². The van der Waals surface area contributed by atoms with Crippen molar-refractivity contribution < 1.29 is 103 Å². The van der Waals surface area contributed by atoms with E-state index in [0.29, 0.717) is 6.54 Å². The Balaban J connectivity index is -0.000000135. The normalized spacial score (nSPS) is 7.69. The first kappa shape index (κ1) is 24.8. The van der Waals surface area contributed by atoms with Crippen LogP contribution in [0, 0.1) is 6.54 Å². The largest absolute Gasteiger partial charge is 0.656 e. The Kier molecular flexibility index (Phi) is 32.7. The van der Waals surface area contributed by atoms with Crippen molar-refractivity contribution in [1.29, 1.82) is 0 Å². The fourth-order valence-corrected chi connectivity index (χ4v) is 0.538. The van der Waals surface area contributed by atoms with E-state index in [9.17, 15) is 4.79 Å². The van der Waals surface area contributed by atoms with Gasteiger partial charge in [-0.2, -0.15) is 13.0 Å². The average molecular weight is 409 g/mol. The van der Waals surface area contributed by atoms with Crippen LogP contribution in [0.2, 0.25) is 0 Å². The molecule has 0 fully saturated rings. The number of hydrogen-bond donors (Lipinski definition) is 0. The Morgan fingerprint density at radius 2 is 1.77 bits per heavy atom. The Hall–Kier alpha value is 2.74. The maximum absolute atomic E-state index is 10.3. The molecule has 0 heterocycles. The van der Waals surface area contributed by atoms with Gasteiger partial charge in [-0.3, -0.25) is 6.54 Å². The van der Waals surface area contributed by atoms with E-state index in [1.807, 2.05) is 25.5 Å². The van der Waals surface area contributed by atoms with Crippen LogP contribution in [0.25, 0.3) is 5.32 Å². The molecule has 6 heteroatoms. The monoisotopic (exact) mass is 409 g/mol. The van der Waals surface area contributed by atoms with Gasteiger partial charge in [-0.05, 0) is 21.0 Å². The second-order valence-electron chi connectivity index (χ2n) is 2.34. The Morgan fingerprint density at radius 1 is 1.31 bits per heavy atom. The molecule has 0 aliphatic rings. The summed E-state index contributed by atoms with van der Waals surface area (Å²) in [5.41, 5.74) is 0. The smallest absolute Gasteiger partial charge is 0.0479 e. The molecule has 0 rings (SSSR count). The molecule has 0 atom stereocenters. The zero-order valence-electron chi connectivity index (χ0n) is 8.53. The van der Waals surface area contributed by atoms with Crippen LogP contribution in [0.1, 0.15) is 13.3 Å². The van der Waals surface area contributed by atoms with Crippen molar-refractivity contribution in [2.75, 3.05) is 20.6 Å². The van der Waals surface area contributed by atoms with E-state index in [2.05, 4.69) is 5.32 Å². The van der Waals surface area contributed by atoms with Gasteiger partial charge in [0.1, 0.15) is 0 Å². The van der Waals surface area contributed by atoms with Crippen molar-refractivity contribution in [3.8, 4) is 0 Å². The molecular formula is C7H14N2OY3-2. The summed E-state index contributed by atoms with van der Waals surface area (Å²) in [6, 6.07) is 0. The summed E-state index contributed by atoms with van der Waals surface area (Å²) in [4.78, 5) is 12.2. The van der Waals surface area contributed by atoms with E-state index >= 15 is 0 Å². The third kappa shape index (κ3) is 25.2. The molecule has 0 saturated heterocycles. The fourth-order valence-electron chi connectivity index (χ4n) is 0.538. The quantitative estimate of drug-likeness (QED) is 0.514. The number of carbonyl (C=O) groups excluding carboxylic acids is 1. The molecule has 0 spiro atoms. The van der Waals surface area contributed by atoms with Crippen molar-refractivity contribution in [2.24, 2.45) is 0 Å². The van der Waals surface area contributed by atoms with Crippen LogP contribution < -0.4 is 0 Å². The van der Waals surface area contributed by atoms with Crippen LogP contribution >= 0.6 is 0 Å². The van der Waals surface area contributed by atoms with Crippen LogP contribution in [0.15, 0.2) is 0 Å². The van der Waals surface area contributed by atoms with E-state index in [4.69, 9.17) is 0 Å². The van der Waals surface area contributed by atoms with Gasteiger partial charge in [-0.25, -0.2) is 0 Å². The van der Waals surface area contributed by atoms with Gasteiger partial charge in [-0.15, -0.1) is 0 Å². The summed E-state index contributed by atoms with van der Waals surface area (Å²) < 4.78 is 0. The molecule has 0 unspecified atom stereocenters. The second kappa shape index (κ2) is 17.1. The van der Waals surface area contributed by atoms with Gasteiger partial charge in [0, 0.05) is 104 Å². The first-order valence-electron chi connectivity index (χ1n) is 3.30. The van der Waals surface area contributed by atoms with Gasteiger partial charge in [0.25, 0.3) is 0 Å². The standard InChI is InChI=1S/C7H15N2O.3Y/c1-7(10)8-5-4-6-9(2)3;;;/h6H,4-5H2,1-3H3,(H,8,10);;;/q-1;;;/p-1. The van der Waals surface area contributed by atoms with Gasteiger partial charge >= 0.3 is 0 Å². The summed E-state index contributed by atoms with van der Waals surface area (Å²) in [5.74, 6) is -0.0906. The molecule has 69 valence electrons. The summed E-state index contributed by atoms with van der Waals surface area (Å²) in [6.07, 6.45) is 0.840. The average Bonchev–Trinajstić information content (AvgIpc) is 1.79. The first-order chi connectivity index (χ1) is 4.63. The van der Waals surface area contributed by atoms with Gasteiger partial charge in [-0.1, -0.05) is 0 Å². The molecule has 0 aromatic carbocycles. The van der Waals surface area contributed by atoms with E-state index in [0.717, 1.165) is 6.42 Å². The van der Waals surface area contributed by atoms with Gasteiger partial charge in [0.2, 0.25) is 0 Å². The van der Waals surface area contributed by atoms with Gasteiger partial charge in [0.05, 0.1) is 0 Å². The molecule has 3 radical (unpaired) electrons. The Bertz CT molecular complexity index is 112. The number of nitrogens with zero attached hydrogens (tertiary/aromatic N) is 2. The molecule has 13 heavy (non-hydrogen) atoms. The number of carbonyl (C=O) groups is 1. The molecule has 0 bridgehead atoms. The third-order valence-corrected chi connectivity index (χ3v) is 0.958. The maximum atomic E-state index is 10.3. The molecule has 1 amide bonds. The van der Waals surface area contributed by atoms with Crippen molar-refractivity contribution in [2.45, 2.75) is 13.3 Å². The first-order valence-corrected chi connectivity index (χ1v) is 3.30. The minimum Gasteiger partial charge on any atom is -0.656 e. The van der Waals surface area contributed by atoms with Gasteiger partial charge in [0.15, 0.2) is 0 Å². The Morgan fingerprint density at radius 3 is 2.08 bits per heavy atom. The number of amides is 1. The fraction of sp³-hybridized carbons (Fsp3) is 0.714. The maximum Gasteiger partial charge on any atom is 0.0479 e. The van der Waals surface area contributed by atoms with Crippen LogP contribution in [-0.4, -0.2) is 31.4 Å². The van der Waals surface area contributed by atoms with Crippen LogP contribution in [0.4, 0.5) is 0 Å². The molecule has 0 saturated carbocycles.